The molecule has 1 amide bonds. The molecule has 2 heterocycles. The first-order chi connectivity index (χ1) is 13.9. The third-order valence-electron chi connectivity index (χ3n) is 4.71. The number of aryl methyl sites for hydroxylation is 2. The van der Waals surface area contributed by atoms with Crippen molar-refractivity contribution < 1.29 is 4.79 Å². The number of nitrogens with one attached hydrogen (secondary N) is 1. The van der Waals surface area contributed by atoms with Crippen molar-refractivity contribution in [3.8, 4) is 0 Å². The Bertz CT molecular complexity index is 1200. The van der Waals surface area contributed by atoms with E-state index >= 15 is 0 Å². The SMILES string of the molecule is Cc1nc2c(cc1NC(=O)c1ccc(Cl)cc1)nc(C)n2Cc1ccc(Cl)cc1. The van der Waals surface area contributed by atoms with E-state index in [9.17, 15) is 4.79 Å². The molecule has 0 bridgehead atoms. The van der Waals surface area contributed by atoms with E-state index in [1.165, 1.54) is 0 Å². The third-order valence-corrected chi connectivity index (χ3v) is 5.21. The van der Waals surface area contributed by atoms with Crippen molar-refractivity contribution in [3.63, 3.8) is 0 Å². The Hall–Kier alpha value is -2.89. The van der Waals surface area contributed by atoms with Crippen LogP contribution in [0.4, 0.5) is 5.69 Å². The summed E-state index contributed by atoms with van der Waals surface area (Å²) in [6.07, 6.45) is 0. The molecule has 0 spiro atoms. The normalized spacial score (nSPS) is 11.0. The highest BCUT2D eigenvalue weighted by atomic mass is 35.5. The summed E-state index contributed by atoms with van der Waals surface area (Å²) < 4.78 is 2.05. The van der Waals surface area contributed by atoms with Gasteiger partial charge in [0.2, 0.25) is 0 Å². The summed E-state index contributed by atoms with van der Waals surface area (Å²) in [6, 6.07) is 16.3. The van der Waals surface area contributed by atoms with Gasteiger partial charge in [0.05, 0.1) is 17.9 Å². The van der Waals surface area contributed by atoms with Crippen LogP contribution in [0.1, 0.15) is 27.4 Å². The molecule has 7 heteroatoms. The maximum absolute atomic E-state index is 12.5. The topological polar surface area (TPSA) is 59.8 Å². The second kappa shape index (κ2) is 7.85. The molecule has 0 aliphatic rings. The first kappa shape index (κ1) is 19.4. The number of fused-ring (bicyclic) bond motifs is 1. The Labute approximate surface area is 178 Å². The molecule has 0 saturated carbocycles. The number of anilines is 1. The molecule has 5 nitrogen and oxygen atoms in total. The minimum Gasteiger partial charge on any atom is -0.320 e. The third kappa shape index (κ3) is 4.11. The summed E-state index contributed by atoms with van der Waals surface area (Å²) in [5.74, 6) is 0.631. The quantitative estimate of drug-likeness (QED) is 0.459. The number of imidazole rings is 1. The van der Waals surface area contributed by atoms with Crippen LogP contribution < -0.4 is 5.32 Å². The van der Waals surface area contributed by atoms with Gasteiger partial charge in [0.15, 0.2) is 5.65 Å². The molecule has 0 saturated heterocycles. The van der Waals surface area contributed by atoms with E-state index in [0.717, 1.165) is 28.2 Å². The van der Waals surface area contributed by atoms with E-state index in [1.54, 1.807) is 24.3 Å². The summed E-state index contributed by atoms with van der Waals surface area (Å²) in [7, 11) is 0. The Balaban J connectivity index is 1.64. The predicted molar refractivity (Wildman–Crippen MR) is 117 cm³/mol. The highest BCUT2D eigenvalue weighted by Crippen LogP contribution is 2.23. The zero-order chi connectivity index (χ0) is 20.5. The van der Waals surface area contributed by atoms with Gasteiger partial charge in [-0.2, -0.15) is 0 Å². The first-order valence-corrected chi connectivity index (χ1v) is 9.82. The van der Waals surface area contributed by atoms with E-state index in [1.807, 2.05) is 44.2 Å². The summed E-state index contributed by atoms with van der Waals surface area (Å²) >= 11 is 11.9. The Morgan fingerprint density at radius 3 is 2.24 bits per heavy atom. The van der Waals surface area contributed by atoms with Crippen LogP contribution in [0.15, 0.2) is 54.6 Å². The molecule has 0 aliphatic carbocycles. The lowest BCUT2D eigenvalue weighted by Crippen LogP contribution is -2.13. The van der Waals surface area contributed by atoms with E-state index < -0.39 is 0 Å². The largest absolute Gasteiger partial charge is 0.320 e. The number of aromatic nitrogens is 3. The standard InChI is InChI=1S/C22H18Cl2N4O/c1-13-19(27-22(29)16-5-9-18(24)10-6-16)11-20-21(25-13)28(14(2)26-20)12-15-3-7-17(23)8-4-15/h3-11H,12H2,1-2H3,(H,27,29). The molecular weight excluding hydrogens is 407 g/mol. The molecule has 0 aliphatic heterocycles. The minimum absolute atomic E-state index is 0.219. The van der Waals surface area contributed by atoms with Gasteiger partial charge in [-0.05, 0) is 61.9 Å². The lowest BCUT2D eigenvalue weighted by Gasteiger charge is -2.10. The molecule has 0 fully saturated rings. The van der Waals surface area contributed by atoms with Crippen LogP contribution >= 0.6 is 23.2 Å². The number of carbonyl (C=O) groups excluding carboxylic acids is 1. The second-order valence-electron chi connectivity index (χ2n) is 6.80. The van der Waals surface area contributed by atoms with Crippen molar-refractivity contribution in [1.82, 2.24) is 14.5 Å². The molecule has 0 radical (unpaired) electrons. The van der Waals surface area contributed by atoms with Gasteiger partial charge in [-0.1, -0.05) is 35.3 Å². The van der Waals surface area contributed by atoms with Crippen LogP contribution in [-0.4, -0.2) is 20.4 Å². The Kier molecular flexibility index (Phi) is 5.26. The zero-order valence-electron chi connectivity index (χ0n) is 15.9. The number of benzene rings is 2. The monoisotopic (exact) mass is 424 g/mol. The average Bonchev–Trinajstić information content (AvgIpc) is 2.99. The van der Waals surface area contributed by atoms with Gasteiger partial charge >= 0.3 is 0 Å². The summed E-state index contributed by atoms with van der Waals surface area (Å²) in [5.41, 5.74) is 4.49. The van der Waals surface area contributed by atoms with Crippen molar-refractivity contribution in [2.45, 2.75) is 20.4 Å². The molecule has 29 heavy (non-hydrogen) atoms. The van der Waals surface area contributed by atoms with Crippen LogP contribution in [0.3, 0.4) is 0 Å². The van der Waals surface area contributed by atoms with Crippen LogP contribution in [0.5, 0.6) is 0 Å². The van der Waals surface area contributed by atoms with Crippen molar-refractivity contribution in [3.05, 3.63) is 87.3 Å². The lowest BCUT2D eigenvalue weighted by atomic mass is 10.2. The number of carbonyl (C=O) groups is 1. The molecule has 2 aromatic carbocycles. The van der Waals surface area contributed by atoms with Crippen LogP contribution in [0.2, 0.25) is 10.0 Å². The summed E-state index contributed by atoms with van der Waals surface area (Å²) in [4.78, 5) is 21.9. The minimum atomic E-state index is -0.219. The van der Waals surface area contributed by atoms with Crippen molar-refractivity contribution in [2.75, 3.05) is 5.32 Å². The number of hydrogen-bond donors (Lipinski definition) is 1. The Morgan fingerprint density at radius 2 is 1.59 bits per heavy atom. The van der Waals surface area contributed by atoms with Crippen molar-refractivity contribution >= 4 is 46.0 Å². The number of halogens is 2. The maximum atomic E-state index is 12.5. The van der Waals surface area contributed by atoms with Crippen LogP contribution in [0, 0.1) is 13.8 Å². The highest BCUT2D eigenvalue weighted by molar-refractivity contribution is 6.30. The first-order valence-electron chi connectivity index (χ1n) is 9.06. The fraction of sp³-hybridized carbons (Fsp3) is 0.136. The average molecular weight is 425 g/mol. The van der Waals surface area contributed by atoms with E-state index in [0.29, 0.717) is 27.8 Å². The molecule has 1 N–H and O–H groups in total. The molecule has 146 valence electrons. The van der Waals surface area contributed by atoms with E-state index in [-0.39, 0.29) is 5.91 Å². The molecule has 4 aromatic rings. The van der Waals surface area contributed by atoms with Gasteiger partial charge in [0.25, 0.3) is 5.91 Å². The van der Waals surface area contributed by atoms with Crippen LogP contribution in [-0.2, 0) is 6.54 Å². The van der Waals surface area contributed by atoms with Gasteiger partial charge in [-0.3, -0.25) is 4.79 Å². The number of amides is 1. The fourth-order valence-corrected chi connectivity index (χ4v) is 3.39. The maximum Gasteiger partial charge on any atom is 0.255 e. The molecule has 0 unspecified atom stereocenters. The van der Waals surface area contributed by atoms with Gasteiger partial charge < -0.3 is 9.88 Å². The van der Waals surface area contributed by atoms with Gasteiger partial charge in [0.1, 0.15) is 11.3 Å². The number of nitrogens with zero attached hydrogens (tertiary/aromatic N) is 3. The van der Waals surface area contributed by atoms with Gasteiger partial charge in [-0.15, -0.1) is 0 Å². The molecule has 0 atom stereocenters. The van der Waals surface area contributed by atoms with Crippen LogP contribution in [0.25, 0.3) is 11.2 Å². The van der Waals surface area contributed by atoms with E-state index in [4.69, 9.17) is 28.2 Å². The molecule has 2 aromatic heterocycles. The fourth-order valence-electron chi connectivity index (χ4n) is 3.13. The Morgan fingerprint density at radius 1 is 0.966 bits per heavy atom. The summed E-state index contributed by atoms with van der Waals surface area (Å²) in [5, 5.41) is 4.20. The zero-order valence-corrected chi connectivity index (χ0v) is 17.4. The summed E-state index contributed by atoms with van der Waals surface area (Å²) in [6.45, 7) is 4.45. The highest BCUT2D eigenvalue weighted by Gasteiger charge is 2.14. The lowest BCUT2D eigenvalue weighted by molar-refractivity contribution is 0.102. The van der Waals surface area contributed by atoms with Crippen molar-refractivity contribution in [2.24, 2.45) is 0 Å². The molecule has 4 rings (SSSR count). The number of pyridine rings is 1. The predicted octanol–water partition coefficient (Wildman–Crippen LogP) is 5.66. The van der Waals surface area contributed by atoms with Gasteiger partial charge in [0, 0.05) is 15.6 Å². The number of hydrogen-bond acceptors (Lipinski definition) is 3. The second-order valence-corrected chi connectivity index (χ2v) is 7.67. The number of rotatable bonds is 4. The van der Waals surface area contributed by atoms with E-state index in [2.05, 4.69) is 14.9 Å². The molecular formula is C22H18Cl2N4O. The smallest absolute Gasteiger partial charge is 0.255 e. The van der Waals surface area contributed by atoms with Gasteiger partial charge in [-0.25, -0.2) is 9.97 Å². The van der Waals surface area contributed by atoms with Crippen molar-refractivity contribution in [1.29, 1.82) is 0 Å².